The summed E-state index contributed by atoms with van der Waals surface area (Å²) in [6, 6.07) is 4.92. The van der Waals surface area contributed by atoms with Crippen molar-refractivity contribution in [3.8, 4) is 0 Å². The van der Waals surface area contributed by atoms with E-state index < -0.39 is 0 Å². The molecule has 1 aromatic heterocycles. The number of benzene rings is 1. The molecule has 0 aliphatic heterocycles. The van der Waals surface area contributed by atoms with Crippen LogP contribution in [0.4, 0.5) is 4.39 Å². The van der Waals surface area contributed by atoms with Gasteiger partial charge in [0.05, 0.1) is 12.0 Å². The molecular formula is C15H19BrFN3. The molecule has 0 saturated carbocycles. The first-order valence-electron chi connectivity index (χ1n) is 6.69. The van der Waals surface area contributed by atoms with Gasteiger partial charge in [0.1, 0.15) is 5.82 Å². The lowest BCUT2D eigenvalue weighted by Gasteiger charge is -2.05. The third kappa shape index (κ3) is 4.72. The number of nitrogens with zero attached hydrogens (tertiary/aromatic N) is 2. The van der Waals surface area contributed by atoms with Crippen LogP contribution in [0.5, 0.6) is 0 Å². The van der Waals surface area contributed by atoms with E-state index in [0.29, 0.717) is 12.5 Å². The van der Waals surface area contributed by atoms with Crippen molar-refractivity contribution in [3.63, 3.8) is 0 Å². The average Bonchev–Trinajstić information content (AvgIpc) is 2.74. The van der Waals surface area contributed by atoms with Gasteiger partial charge in [-0.15, -0.1) is 0 Å². The van der Waals surface area contributed by atoms with Gasteiger partial charge in [0.2, 0.25) is 0 Å². The second-order valence-corrected chi connectivity index (χ2v) is 6.26. The normalized spacial score (nSPS) is 11.2. The van der Waals surface area contributed by atoms with Gasteiger partial charge in [-0.1, -0.05) is 29.8 Å². The summed E-state index contributed by atoms with van der Waals surface area (Å²) in [6.07, 6.45) is 3.78. The molecule has 2 rings (SSSR count). The van der Waals surface area contributed by atoms with Gasteiger partial charge in [-0.3, -0.25) is 0 Å². The summed E-state index contributed by atoms with van der Waals surface area (Å²) in [5.41, 5.74) is 1.91. The van der Waals surface area contributed by atoms with Crippen LogP contribution in [-0.4, -0.2) is 16.1 Å². The van der Waals surface area contributed by atoms with Crippen molar-refractivity contribution in [2.45, 2.75) is 26.9 Å². The summed E-state index contributed by atoms with van der Waals surface area (Å²) < 4.78 is 16.0. The molecule has 1 N–H and O–H groups in total. The summed E-state index contributed by atoms with van der Waals surface area (Å²) in [4.78, 5) is 4.35. The van der Waals surface area contributed by atoms with E-state index in [0.717, 1.165) is 28.8 Å². The predicted molar refractivity (Wildman–Crippen MR) is 82.0 cm³/mol. The summed E-state index contributed by atoms with van der Waals surface area (Å²) in [5.74, 6) is 0.398. The highest BCUT2D eigenvalue weighted by molar-refractivity contribution is 9.10. The lowest BCUT2D eigenvalue weighted by atomic mass is 10.2. The molecular weight excluding hydrogens is 321 g/mol. The smallest absolute Gasteiger partial charge is 0.124 e. The fourth-order valence-electron chi connectivity index (χ4n) is 1.99. The van der Waals surface area contributed by atoms with Gasteiger partial charge in [0, 0.05) is 23.8 Å². The monoisotopic (exact) mass is 339 g/mol. The van der Waals surface area contributed by atoms with Crippen LogP contribution in [0.2, 0.25) is 0 Å². The van der Waals surface area contributed by atoms with E-state index in [4.69, 9.17) is 0 Å². The van der Waals surface area contributed by atoms with E-state index in [1.165, 1.54) is 6.07 Å². The van der Waals surface area contributed by atoms with Crippen LogP contribution in [0, 0.1) is 11.7 Å². The van der Waals surface area contributed by atoms with Crippen LogP contribution in [0.3, 0.4) is 0 Å². The second-order valence-electron chi connectivity index (χ2n) is 5.34. The molecule has 0 bridgehead atoms. The molecule has 1 heterocycles. The summed E-state index contributed by atoms with van der Waals surface area (Å²) in [5, 5.41) is 3.35. The first kappa shape index (κ1) is 15.2. The Morgan fingerprint density at radius 1 is 1.35 bits per heavy atom. The zero-order chi connectivity index (χ0) is 14.5. The van der Waals surface area contributed by atoms with Crippen molar-refractivity contribution >= 4 is 15.9 Å². The number of rotatable bonds is 6. The number of hydrogen-bond donors (Lipinski definition) is 1. The van der Waals surface area contributed by atoms with Gasteiger partial charge in [-0.05, 0) is 36.2 Å². The summed E-state index contributed by atoms with van der Waals surface area (Å²) in [7, 11) is 0. The highest BCUT2D eigenvalue weighted by Gasteiger charge is 2.03. The quantitative estimate of drug-likeness (QED) is 0.871. The van der Waals surface area contributed by atoms with Gasteiger partial charge < -0.3 is 9.88 Å². The Bertz CT molecular complexity index is 546. The maximum absolute atomic E-state index is 13.3. The molecule has 1 aromatic carbocycles. The van der Waals surface area contributed by atoms with Gasteiger partial charge in [0.25, 0.3) is 0 Å². The maximum atomic E-state index is 13.3. The minimum Gasteiger partial charge on any atom is -0.333 e. The zero-order valence-electron chi connectivity index (χ0n) is 11.7. The van der Waals surface area contributed by atoms with Gasteiger partial charge in [0.15, 0.2) is 0 Å². The molecule has 5 heteroatoms. The molecule has 20 heavy (non-hydrogen) atoms. The lowest BCUT2D eigenvalue weighted by Crippen LogP contribution is -2.19. The number of imidazole rings is 1. The molecule has 0 spiro atoms. The van der Waals surface area contributed by atoms with Crippen molar-refractivity contribution in [1.82, 2.24) is 14.9 Å². The second kappa shape index (κ2) is 6.99. The number of hydrogen-bond acceptors (Lipinski definition) is 2. The third-order valence-electron chi connectivity index (χ3n) is 2.83. The van der Waals surface area contributed by atoms with Crippen LogP contribution in [0.1, 0.15) is 25.1 Å². The molecule has 2 aromatic rings. The first-order chi connectivity index (χ1) is 9.52. The van der Waals surface area contributed by atoms with Crippen molar-refractivity contribution in [1.29, 1.82) is 0 Å². The molecule has 0 aliphatic rings. The highest BCUT2D eigenvalue weighted by atomic mass is 79.9. The van der Waals surface area contributed by atoms with Crippen molar-refractivity contribution in [2.75, 3.05) is 6.54 Å². The van der Waals surface area contributed by atoms with Crippen LogP contribution < -0.4 is 5.32 Å². The summed E-state index contributed by atoms with van der Waals surface area (Å²) in [6.45, 7) is 6.70. The van der Waals surface area contributed by atoms with Gasteiger partial charge >= 0.3 is 0 Å². The standard InChI is InChI=1S/C15H19BrFN3/c1-11(2)6-18-7-15-9-20(10-19-15)8-12-3-13(16)5-14(17)4-12/h3-5,9-11,18H,6-8H2,1-2H3. The van der Waals surface area contributed by atoms with Gasteiger partial charge in [-0.25, -0.2) is 9.37 Å². The molecule has 0 amide bonds. The van der Waals surface area contributed by atoms with E-state index in [1.807, 2.05) is 16.8 Å². The predicted octanol–water partition coefficient (Wildman–Crippen LogP) is 3.58. The van der Waals surface area contributed by atoms with Crippen LogP contribution in [0.15, 0.2) is 35.2 Å². The Morgan fingerprint density at radius 2 is 2.15 bits per heavy atom. The number of aromatic nitrogens is 2. The van der Waals surface area contributed by atoms with Crippen molar-refractivity contribution < 1.29 is 4.39 Å². The van der Waals surface area contributed by atoms with E-state index in [2.05, 4.69) is 40.1 Å². The highest BCUT2D eigenvalue weighted by Crippen LogP contribution is 2.16. The Hall–Kier alpha value is -1.20. The fourth-order valence-corrected chi connectivity index (χ4v) is 2.50. The average molecular weight is 340 g/mol. The number of nitrogens with one attached hydrogen (secondary N) is 1. The Morgan fingerprint density at radius 3 is 2.85 bits per heavy atom. The SMILES string of the molecule is CC(C)CNCc1cn(Cc2cc(F)cc(Br)c2)cn1. The first-order valence-corrected chi connectivity index (χ1v) is 7.48. The summed E-state index contributed by atoms with van der Waals surface area (Å²) >= 11 is 3.30. The van der Waals surface area contributed by atoms with Crippen molar-refractivity contribution in [3.05, 3.63) is 52.3 Å². The molecule has 0 aliphatic carbocycles. The number of halogens is 2. The fraction of sp³-hybridized carbons (Fsp3) is 0.400. The van der Waals surface area contributed by atoms with Crippen LogP contribution >= 0.6 is 15.9 Å². The molecule has 0 unspecified atom stereocenters. The Balaban J connectivity index is 1.95. The van der Waals surface area contributed by atoms with Gasteiger partial charge in [-0.2, -0.15) is 0 Å². The van der Waals surface area contributed by atoms with E-state index in [-0.39, 0.29) is 5.82 Å². The minimum atomic E-state index is -0.228. The zero-order valence-corrected chi connectivity index (χ0v) is 13.3. The lowest BCUT2D eigenvalue weighted by molar-refractivity contribution is 0.548. The van der Waals surface area contributed by atoms with E-state index in [1.54, 1.807) is 12.4 Å². The molecule has 0 saturated heterocycles. The van der Waals surface area contributed by atoms with E-state index >= 15 is 0 Å². The third-order valence-corrected chi connectivity index (χ3v) is 3.29. The topological polar surface area (TPSA) is 29.9 Å². The van der Waals surface area contributed by atoms with Crippen LogP contribution in [-0.2, 0) is 13.1 Å². The largest absolute Gasteiger partial charge is 0.333 e. The molecule has 108 valence electrons. The molecule has 0 radical (unpaired) electrons. The molecule has 0 fully saturated rings. The van der Waals surface area contributed by atoms with Crippen molar-refractivity contribution in [2.24, 2.45) is 5.92 Å². The van der Waals surface area contributed by atoms with E-state index in [9.17, 15) is 4.39 Å². The Kier molecular flexibility index (Phi) is 5.31. The minimum absolute atomic E-state index is 0.228. The van der Waals surface area contributed by atoms with Crippen LogP contribution in [0.25, 0.3) is 0 Å². The molecule has 0 atom stereocenters. The molecule has 3 nitrogen and oxygen atoms in total. The maximum Gasteiger partial charge on any atom is 0.124 e. The Labute approximate surface area is 127 Å².